The Balaban J connectivity index is 2.59. The van der Waals surface area contributed by atoms with E-state index in [0.717, 1.165) is 35.0 Å². The molecule has 1 N–H and O–H groups in total. The normalized spacial score (nSPS) is 10.7. The van der Waals surface area contributed by atoms with Crippen LogP contribution in [0.15, 0.2) is 6.20 Å². The van der Waals surface area contributed by atoms with E-state index in [1.165, 1.54) is 5.56 Å². The first-order valence-electron chi connectivity index (χ1n) is 6.12. The maximum absolute atomic E-state index is 4.59. The average Bonchev–Trinajstić information content (AvgIpc) is 2.69. The number of nitrogens with one attached hydrogen (secondary N) is 1. The summed E-state index contributed by atoms with van der Waals surface area (Å²) in [5.74, 6) is 1.64. The van der Waals surface area contributed by atoms with Gasteiger partial charge in [0.2, 0.25) is 0 Å². The minimum atomic E-state index is 0.736. The van der Waals surface area contributed by atoms with E-state index in [1.54, 1.807) is 0 Å². The minimum absolute atomic E-state index is 0.736. The van der Waals surface area contributed by atoms with Crippen molar-refractivity contribution in [3.63, 3.8) is 0 Å². The van der Waals surface area contributed by atoms with Crippen LogP contribution in [-0.4, -0.2) is 26.8 Å². The van der Waals surface area contributed by atoms with Crippen LogP contribution < -0.4 is 5.32 Å². The summed E-state index contributed by atoms with van der Waals surface area (Å²) < 4.78 is 1.83. The number of aromatic nitrogens is 4. The first-order valence-corrected chi connectivity index (χ1v) is 6.12. The molecule has 0 atom stereocenters. The van der Waals surface area contributed by atoms with Gasteiger partial charge in [0.1, 0.15) is 5.82 Å². The summed E-state index contributed by atoms with van der Waals surface area (Å²) in [6, 6.07) is 0. The number of hydrogen-bond donors (Lipinski definition) is 1. The van der Waals surface area contributed by atoms with Gasteiger partial charge in [0.25, 0.3) is 0 Å². The lowest BCUT2D eigenvalue weighted by Gasteiger charge is -2.11. The van der Waals surface area contributed by atoms with Crippen LogP contribution in [0.2, 0.25) is 0 Å². The van der Waals surface area contributed by atoms with E-state index in [4.69, 9.17) is 0 Å². The molecule has 0 fully saturated rings. The molecule has 2 heterocycles. The Hall–Kier alpha value is -1.91. The highest BCUT2D eigenvalue weighted by atomic mass is 15.3. The molecule has 96 valence electrons. The second-order valence-corrected chi connectivity index (χ2v) is 4.33. The van der Waals surface area contributed by atoms with Gasteiger partial charge in [-0.1, -0.05) is 6.92 Å². The monoisotopic (exact) mass is 245 g/mol. The summed E-state index contributed by atoms with van der Waals surface area (Å²) in [6.07, 6.45) is 2.74. The molecule has 0 saturated heterocycles. The maximum atomic E-state index is 4.59. The van der Waals surface area contributed by atoms with Gasteiger partial charge in [0, 0.05) is 31.0 Å². The Labute approximate surface area is 107 Å². The van der Waals surface area contributed by atoms with Crippen LogP contribution in [0.4, 0.5) is 5.82 Å². The van der Waals surface area contributed by atoms with Crippen molar-refractivity contribution in [2.24, 2.45) is 7.05 Å². The number of hydrogen-bond acceptors (Lipinski definition) is 4. The Morgan fingerprint density at radius 1 is 1.28 bits per heavy atom. The molecule has 0 aliphatic rings. The van der Waals surface area contributed by atoms with Gasteiger partial charge in [0.15, 0.2) is 5.82 Å². The fraction of sp³-hybridized carbons (Fsp3) is 0.462. The largest absolute Gasteiger partial charge is 0.373 e. The smallest absolute Gasteiger partial charge is 0.165 e. The average molecular weight is 245 g/mol. The lowest BCUT2D eigenvalue weighted by atomic mass is 10.1. The van der Waals surface area contributed by atoms with Crippen molar-refractivity contribution in [1.82, 2.24) is 19.7 Å². The van der Waals surface area contributed by atoms with Crippen LogP contribution in [0.5, 0.6) is 0 Å². The molecule has 18 heavy (non-hydrogen) atoms. The molecular weight excluding hydrogens is 226 g/mol. The van der Waals surface area contributed by atoms with Gasteiger partial charge in [-0.3, -0.25) is 4.68 Å². The number of anilines is 1. The van der Waals surface area contributed by atoms with Crippen LogP contribution in [-0.2, 0) is 13.5 Å². The van der Waals surface area contributed by atoms with Gasteiger partial charge >= 0.3 is 0 Å². The second-order valence-electron chi connectivity index (χ2n) is 4.33. The zero-order valence-corrected chi connectivity index (χ0v) is 11.6. The molecule has 0 radical (unpaired) electrons. The fourth-order valence-corrected chi connectivity index (χ4v) is 2.06. The van der Waals surface area contributed by atoms with Crippen molar-refractivity contribution >= 4 is 5.82 Å². The van der Waals surface area contributed by atoms with Crippen molar-refractivity contribution in [2.75, 3.05) is 12.4 Å². The van der Waals surface area contributed by atoms with E-state index in [0.29, 0.717) is 0 Å². The molecule has 2 rings (SSSR count). The fourth-order valence-electron chi connectivity index (χ4n) is 2.06. The molecule has 2 aromatic heterocycles. The summed E-state index contributed by atoms with van der Waals surface area (Å²) in [7, 11) is 3.81. The van der Waals surface area contributed by atoms with Gasteiger partial charge in [-0.25, -0.2) is 9.97 Å². The van der Waals surface area contributed by atoms with Gasteiger partial charge in [-0.15, -0.1) is 0 Å². The Kier molecular flexibility index (Phi) is 3.32. The number of aryl methyl sites for hydroxylation is 2. The van der Waals surface area contributed by atoms with Crippen LogP contribution in [0, 0.1) is 13.8 Å². The topological polar surface area (TPSA) is 55.6 Å². The number of rotatable bonds is 3. The molecule has 2 aromatic rings. The van der Waals surface area contributed by atoms with Crippen LogP contribution >= 0.6 is 0 Å². The molecule has 0 spiro atoms. The van der Waals surface area contributed by atoms with Crippen molar-refractivity contribution in [3.8, 4) is 11.4 Å². The Bertz CT molecular complexity index is 571. The molecule has 0 unspecified atom stereocenters. The lowest BCUT2D eigenvalue weighted by Crippen LogP contribution is -2.05. The van der Waals surface area contributed by atoms with Gasteiger partial charge < -0.3 is 5.32 Å². The summed E-state index contributed by atoms with van der Waals surface area (Å²) in [4.78, 5) is 9.18. The highest BCUT2D eigenvalue weighted by Gasteiger charge is 2.14. The van der Waals surface area contributed by atoms with Crippen molar-refractivity contribution in [1.29, 1.82) is 0 Å². The third kappa shape index (κ3) is 1.96. The van der Waals surface area contributed by atoms with E-state index in [9.17, 15) is 0 Å². The highest BCUT2D eigenvalue weighted by molar-refractivity contribution is 5.61. The lowest BCUT2D eigenvalue weighted by molar-refractivity contribution is 0.740. The van der Waals surface area contributed by atoms with Gasteiger partial charge in [-0.2, -0.15) is 5.10 Å². The molecule has 5 nitrogen and oxygen atoms in total. The molecule has 0 aliphatic heterocycles. The first kappa shape index (κ1) is 12.5. The van der Waals surface area contributed by atoms with Crippen LogP contribution in [0.3, 0.4) is 0 Å². The van der Waals surface area contributed by atoms with E-state index < -0.39 is 0 Å². The van der Waals surface area contributed by atoms with E-state index in [2.05, 4.69) is 27.3 Å². The van der Waals surface area contributed by atoms with Crippen molar-refractivity contribution in [2.45, 2.75) is 27.2 Å². The van der Waals surface area contributed by atoms with E-state index >= 15 is 0 Å². The second kappa shape index (κ2) is 4.76. The molecule has 0 aliphatic carbocycles. The summed E-state index contributed by atoms with van der Waals surface area (Å²) in [5, 5.41) is 7.38. The minimum Gasteiger partial charge on any atom is -0.373 e. The Morgan fingerprint density at radius 2 is 2.00 bits per heavy atom. The quantitative estimate of drug-likeness (QED) is 0.899. The SMILES string of the molecule is CCc1c(C)nc(-c2cnn(C)c2C)nc1NC. The highest BCUT2D eigenvalue weighted by Crippen LogP contribution is 2.24. The standard InChI is InChI=1S/C13H19N5/c1-6-10-8(2)16-13(17-12(10)14-4)11-7-15-18(5)9(11)3/h7H,6H2,1-5H3,(H,14,16,17). The predicted molar refractivity (Wildman–Crippen MR) is 72.6 cm³/mol. The maximum Gasteiger partial charge on any atom is 0.165 e. The molecular formula is C13H19N5. The summed E-state index contributed by atoms with van der Waals surface area (Å²) in [6.45, 7) is 6.16. The third-order valence-corrected chi connectivity index (χ3v) is 3.28. The van der Waals surface area contributed by atoms with Crippen LogP contribution in [0.1, 0.15) is 23.9 Å². The zero-order chi connectivity index (χ0) is 13.3. The summed E-state index contributed by atoms with van der Waals surface area (Å²) >= 11 is 0. The molecule has 0 aromatic carbocycles. The zero-order valence-electron chi connectivity index (χ0n) is 11.6. The third-order valence-electron chi connectivity index (χ3n) is 3.28. The first-order chi connectivity index (χ1) is 8.58. The molecule has 0 amide bonds. The molecule has 0 saturated carbocycles. The van der Waals surface area contributed by atoms with Gasteiger partial charge in [0.05, 0.1) is 11.8 Å². The Morgan fingerprint density at radius 3 is 2.50 bits per heavy atom. The van der Waals surface area contributed by atoms with Crippen molar-refractivity contribution in [3.05, 3.63) is 23.1 Å². The summed E-state index contributed by atoms with van der Waals surface area (Å²) in [5.41, 5.74) is 4.25. The molecule has 0 bridgehead atoms. The number of nitrogens with zero attached hydrogens (tertiary/aromatic N) is 4. The van der Waals surface area contributed by atoms with E-state index in [1.807, 2.05) is 38.8 Å². The predicted octanol–water partition coefficient (Wildman–Crippen LogP) is 2.10. The van der Waals surface area contributed by atoms with Gasteiger partial charge in [-0.05, 0) is 20.3 Å². The van der Waals surface area contributed by atoms with Crippen LogP contribution in [0.25, 0.3) is 11.4 Å². The van der Waals surface area contributed by atoms with E-state index in [-0.39, 0.29) is 0 Å². The van der Waals surface area contributed by atoms with Crippen molar-refractivity contribution < 1.29 is 0 Å². The molecule has 5 heteroatoms.